The molecule has 5 rings (SSSR count). The number of aromatic nitrogens is 1. The summed E-state index contributed by atoms with van der Waals surface area (Å²) < 4.78 is 11.0. The van der Waals surface area contributed by atoms with Crippen molar-refractivity contribution in [1.82, 2.24) is 9.27 Å². The first kappa shape index (κ1) is 23.8. The summed E-state index contributed by atoms with van der Waals surface area (Å²) in [7, 11) is 0. The molecular formula is C27H32N4O3S. The number of hydrogen-bond donors (Lipinski definition) is 0. The summed E-state index contributed by atoms with van der Waals surface area (Å²) in [6.45, 7) is 9.18. The molecule has 7 nitrogen and oxygen atoms in total. The fourth-order valence-corrected chi connectivity index (χ4v) is 5.89. The van der Waals surface area contributed by atoms with E-state index in [1.807, 2.05) is 6.07 Å². The van der Waals surface area contributed by atoms with Crippen molar-refractivity contribution >= 4 is 45.0 Å². The fourth-order valence-electron chi connectivity index (χ4n) is 5.10. The van der Waals surface area contributed by atoms with E-state index < -0.39 is 0 Å². The van der Waals surface area contributed by atoms with Gasteiger partial charge in [0.1, 0.15) is 12.4 Å². The average molecular weight is 493 g/mol. The highest BCUT2D eigenvalue weighted by Gasteiger charge is 2.31. The van der Waals surface area contributed by atoms with Crippen LogP contribution >= 0.6 is 11.5 Å². The first-order valence-electron chi connectivity index (χ1n) is 12.4. The number of hydrogen-bond acceptors (Lipinski definition) is 7. The molecule has 0 saturated carbocycles. The molecular weight excluding hydrogens is 460 g/mol. The van der Waals surface area contributed by atoms with Gasteiger partial charge in [-0.2, -0.15) is 4.37 Å². The molecule has 1 unspecified atom stereocenters. The normalized spacial score (nSPS) is 18.7. The number of benzene rings is 2. The first-order valence-corrected chi connectivity index (χ1v) is 13.2. The molecule has 0 bridgehead atoms. The van der Waals surface area contributed by atoms with Crippen LogP contribution in [0.4, 0.5) is 11.5 Å². The number of fused-ring (bicyclic) bond motifs is 2. The van der Waals surface area contributed by atoms with E-state index in [0.717, 1.165) is 56.2 Å². The standard InChI is InChI=1S/C27H32N4O3S/c1-3-34-26(33)18-31-23-9-8-20(17-22(23)19(2)16-25(31)32)10-11-29-12-14-30(15-13-29)27-21-6-4-5-7-24(21)35-28-27/h4-9,17,19H,3,10-16,18H2,1-2H3. The van der Waals surface area contributed by atoms with Gasteiger partial charge in [0.25, 0.3) is 0 Å². The van der Waals surface area contributed by atoms with Gasteiger partial charge in [0.2, 0.25) is 5.91 Å². The third kappa shape index (κ3) is 5.04. The van der Waals surface area contributed by atoms with Gasteiger partial charge in [0.15, 0.2) is 0 Å². The molecule has 0 spiro atoms. The lowest BCUT2D eigenvalue weighted by molar-refractivity contribution is -0.142. The summed E-state index contributed by atoms with van der Waals surface area (Å²) in [4.78, 5) is 31.1. The van der Waals surface area contributed by atoms with Crippen molar-refractivity contribution < 1.29 is 14.3 Å². The zero-order chi connectivity index (χ0) is 24.4. The second-order valence-electron chi connectivity index (χ2n) is 9.36. The predicted molar refractivity (Wildman–Crippen MR) is 140 cm³/mol. The van der Waals surface area contributed by atoms with Crippen LogP contribution in [0.5, 0.6) is 0 Å². The highest BCUT2D eigenvalue weighted by molar-refractivity contribution is 7.13. The second-order valence-corrected chi connectivity index (χ2v) is 10.2. The number of nitrogens with zero attached hydrogens (tertiary/aromatic N) is 4. The summed E-state index contributed by atoms with van der Waals surface area (Å²) in [5.41, 5.74) is 3.26. The van der Waals surface area contributed by atoms with Crippen LogP contribution in [0.15, 0.2) is 42.5 Å². The molecule has 1 amide bonds. The lowest BCUT2D eigenvalue weighted by Crippen LogP contribution is -2.47. The highest BCUT2D eigenvalue weighted by Crippen LogP contribution is 2.36. The van der Waals surface area contributed by atoms with Crippen molar-refractivity contribution in [3.63, 3.8) is 0 Å². The van der Waals surface area contributed by atoms with Crippen LogP contribution in [-0.2, 0) is 20.7 Å². The van der Waals surface area contributed by atoms with Crippen LogP contribution < -0.4 is 9.80 Å². The Balaban J connectivity index is 1.20. The minimum absolute atomic E-state index is 0.0171. The number of piperazine rings is 1. The number of carbonyl (C=O) groups is 2. The van der Waals surface area contributed by atoms with Gasteiger partial charge in [0.05, 0.1) is 11.3 Å². The van der Waals surface area contributed by atoms with Crippen molar-refractivity contribution in [2.45, 2.75) is 32.6 Å². The van der Waals surface area contributed by atoms with Crippen molar-refractivity contribution in [3.8, 4) is 0 Å². The zero-order valence-electron chi connectivity index (χ0n) is 20.4. The Morgan fingerprint density at radius 3 is 2.74 bits per heavy atom. The molecule has 1 fully saturated rings. The van der Waals surface area contributed by atoms with E-state index in [9.17, 15) is 9.59 Å². The quantitative estimate of drug-likeness (QED) is 0.464. The van der Waals surface area contributed by atoms with Crippen LogP contribution in [0, 0.1) is 0 Å². The van der Waals surface area contributed by atoms with Gasteiger partial charge in [-0.05, 0) is 60.1 Å². The van der Waals surface area contributed by atoms with E-state index in [-0.39, 0.29) is 24.3 Å². The van der Waals surface area contributed by atoms with Crippen LogP contribution in [0.1, 0.15) is 37.3 Å². The summed E-state index contributed by atoms with van der Waals surface area (Å²) in [5, 5.41) is 1.25. The molecule has 35 heavy (non-hydrogen) atoms. The number of anilines is 2. The van der Waals surface area contributed by atoms with Gasteiger partial charge < -0.3 is 14.5 Å². The van der Waals surface area contributed by atoms with Gasteiger partial charge >= 0.3 is 5.97 Å². The lowest BCUT2D eigenvalue weighted by atomic mass is 9.89. The number of esters is 1. The Labute approximate surface area is 210 Å². The van der Waals surface area contributed by atoms with E-state index in [1.54, 1.807) is 23.4 Å². The molecule has 0 aliphatic carbocycles. The SMILES string of the molecule is CCOC(=O)CN1C(=O)CC(C)c2cc(CCN3CCN(c4nsc5ccccc45)CC3)ccc21. The van der Waals surface area contributed by atoms with Crippen molar-refractivity contribution in [2.24, 2.45) is 0 Å². The summed E-state index contributed by atoms with van der Waals surface area (Å²) in [6, 6.07) is 14.8. The maximum atomic E-state index is 12.6. The van der Waals surface area contributed by atoms with E-state index in [4.69, 9.17) is 9.11 Å². The third-order valence-corrected chi connectivity index (χ3v) is 7.85. The molecule has 184 valence electrons. The third-order valence-electron chi connectivity index (χ3n) is 7.04. The van der Waals surface area contributed by atoms with Gasteiger partial charge in [-0.1, -0.05) is 31.2 Å². The number of ether oxygens (including phenoxy) is 1. The van der Waals surface area contributed by atoms with Crippen LogP contribution in [0.2, 0.25) is 0 Å². The van der Waals surface area contributed by atoms with Gasteiger partial charge in [0, 0.05) is 50.2 Å². The molecule has 2 aliphatic rings. The van der Waals surface area contributed by atoms with Crippen LogP contribution in [0.3, 0.4) is 0 Å². The first-order chi connectivity index (χ1) is 17.0. The average Bonchev–Trinajstić information content (AvgIpc) is 3.30. The smallest absolute Gasteiger partial charge is 0.326 e. The Kier molecular flexibility index (Phi) is 7.02. The highest BCUT2D eigenvalue weighted by atomic mass is 32.1. The molecule has 2 aliphatic heterocycles. The van der Waals surface area contributed by atoms with E-state index in [1.165, 1.54) is 15.6 Å². The molecule has 3 heterocycles. The number of amides is 1. The number of carbonyl (C=O) groups excluding carboxylic acids is 2. The molecule has 1 atom stereocenters. The Morgan fingerprint density at radius 2 is 1.94 bits per heavy atom. The fraction of sp³-hybridized carbons (Fsp3) is 0.444. The van der Waals surface area contributed by atoms with Crippen molar-refractivity contribution in [2.75, 3.05) is 55.7 Å². The van der Waals surface area contributed by atoms with Crippen molar-refractivity contribution in [3.05, 3.63) is 53.6 Å². The maximum Gasteiger partial charge on any atom is 0.326 e. The van der Waals surface area contributed by atoms with Crippen LogP contribution in [0.25, 0.3) is 10.1 Å². The largest absolute Gasteiger partial charge is 0.465 e. The van der Waals surface area contributed by atoms with E-state index in [2.05, 4.69) is 53.1 Å². The van der Waals surface area contributed by atoms with Crippen LogP contribution in [-0.4, -0.2) is 67.0 Å². The predicted octanol–water partition coefficient (Wildman–Crippen LogP) is 4.06. The van der Waals surface area contributed by atoms with Gasteiger partial charge in [-0.3, -0.25) is 14.5 Å². The molecule has 1 aromatic heterocycles. The monoisotopic (exact) mass is 492 g/mol. The molecule has 2 aromatic carbocycles. The Bertz CT molecular complexity index is 1220. The molecule has 3 aromatic rings. The molecule has 8 heteroatoms. The minimum Gasteiger partial charge on any atom is -0.465 e. The molecule has 0 N–H and O–H groups in total. The Hall–Kier alpha value is -2.97. The van der Waals surface area contributed by atoms with Gasteiger partial charge in [-0.25, -0.2) is 0 Å². The minimum atomic E-state index is -0.366. The maximum absolute atomic E-state index is 12.6. The zero-order valence-corrected chi connectivity index (χ0v) is 21.2. The Morgan fingerprint density at radius 1 is 1.14 bits per heavy atom. The lowest BCUT2D eigenvalue weighted by Gasteiger charge is -2.35. The van der Waals surface area contributed by atoms with E-state index >= 15 is 0 Å². The number of rotatable bonds is 7. The molecule has 0 radical (unpaired) electrons. The summed E-state index contributed by atoms with van der Waals surface area (Å²) in [6.07, 6.45) is 1.38. The summed E-state index contributed by atoms with van der Waals surface area (Å²) in [5.74, 6) is 0.884. The molecule has 1 saturated heterocycles. The second kappa shape index (κ2) is 10.3. The van der Waals surface area contributed by atoms with Gasteiger partial charge in [-0.15, -0.1) is 0 Å². The van der Waals surface area contributed by atoms with Crippen molar-refractivity contribution in [1.29, 1.82) is 0 Å². The summed E-state index contributed by atoms with van der Waals surface area (Å²) >= 11 is 1.58. The topological polar surface area (TPSA) is 66.0 Å². The van der Waals surface area contributed by atoms with E-state index in [0.29, 0.717) is 13.0 Å².